The van der Waals surface area contributed by atoms with Crippen LogP contribution in [0.5, 0.6) is 0 Å². The second-order valence-corrected chi connectivity index (χ2v) is 11.1. The second-order valence-electron chi connectivity index (χ2n) is 9.20. The molecule has 34 heavy (non-hydrogen) atoms. The van der Waals surface area contributed by atoms with E-state index in [4.69, 9.17) is 0 Å². The van der Waals surface area contributed by atoms with Crippen molar-refractivity contribution in [1.82, 2.24) is 10.2 Å². The summed E-state index contributed by atoms with van der Waals surface area (Å²) in [4.78, 5) is 27.8. The molecule has 0 unspecified atom stereocenters. The van der Waals surface area contributed by atoms with Crippen LogP contribution < -0.4 is 9.62 Å². The zero-order chi connectivity index (χ0) is 25.5. The van der Waals surface area contributed by atoms with Gasteiger partial charge in [-0.1, -0.05) is 56.3 Å². The summed E-state index contributed by atoms with van der Waals surface area (Å²) in [6, 6.07) is 14.4. The Hall–Kier alpha value is -2.87. The Balaban J connectivity index is 2.33. The Morgan fingerprint density at radius 1 is 1.00 bits per heavy atom. The molecule has 0 aliphatic carbocycles. The molecule has 2 rings (SSSR count). The van der Waals surface area contributed by atoms with Gasteiger partial charge in [0.05, 0.1) is 11.9 Å². The fourth-order valence-electron chi connectivity index (χ4n) is 3.61. The van der Waals surface area contributed by atoms with E-state index in [9.17, 15) is 18.0 Å². The maximum absolute atomic E-state index is 13.5. The first-order valence-corrected chi connectivity index (χ1v) is 13.4. The lowest BCUT2D eigenvalue weighted by molar-refractivity contribution is -0.138. The van der Waals surface area contributed by atoms with Gasteiger partial charge in [0.2, 0.25) is 21.8 Å². The normalized spacial score (nSPS) is 12.3. The third-order valence-corrected chi connectivity index (χ3v) is 6.78. The largest absolute Gasteiger partial charge is 0.354 e. The number of sulfonamides is 1. The first-order chi connectivity index (χ1) is 15.9. The van der Waals surface area contributed by atoms with Crippen molar-refractivity contribution < 1.29 is 18.0 Å². The molecule has 0 radical (unpaired) electrons. The van der Waals surface area contributed by atoms with Crippen molar-refractivity contribution in [2.24, 2.45) is 5.92 Å². The highest BCUT2D eigenvalue weighted by atomic mass is 32.2. The van der Waals surface area contributed by atoms with Crippen LogP contribution in [0.25, 0.3) is 0 Å². The molecule has 0 aromatic heterocycles. The quantitative estimate of drug-likeness (QED) is 0.527. The van der Waals surface area contributed by atoms with Gasteiger partial charge in [0, 0.05) is 13.1 Å². The molecule has 186 valence electrons. The van der Waals surface area contributed by atoms with Crippen LogP contribution in [-0.4, -0.2) is 57.1 Å². The first kappa shape index (κ1) is 27.4. The van der Waals surface area contributed by atoms with Crippen molar-refractivity contribution in [3.8, 4) is 0 Å². The molecule has 0 spiro atoms. The Morgan fingerprint density at radius 3 is 2.24 bits per heavy atom. The summed E-state index contributed by atoms with van der Waals surface area (Å²) in [6.45, 7) is 9.78. The lowest BCUT2D eigenvalue weighted by Crippen LogP contribution is -2.52. The van der Waals surface area contributed by atoms with Crippen LogP contribution in [0, 0.1) is 19.8 Å². The molecule has 7 nitrogen and oxygen atoms in total. The summed E-state index contributed by atoms with van der Waals surface area (Å²) >= 11 is 0. The van der Waals surface area contributed by atoms with Crippen LogP contribution in [0.15, 0.2) is 48.5 Å². The number of rotatable bonds is 11. The Labute approximate surface area is 204 Å². The standard InChI is InChI=1S/C26H37N3O4S/c1-19(2)17-27-26(31)22(5)28(15-14-23-10-8-7-9-11-23)25(30)18-29(34(6,32)33)24-16-20(3)12-13-21(24)4/h7-13,16,19,22H,14-15,17-18H2,1-6H3,(H,27,31)/t22-/m1/s1. The van der Waals surface area contributed by atoms with E-state index in [1.54, 1.807) is 13.0 Å². The molecule has 1 atom stereocenters. The van der Waals surface area contributed by atoms with E-state index in [2.05, 4.69) is 5.32 Å². The van der Waals surface area contributed by atoms with Gasteiger partial charge in [-0.15, -0.1) is 0 Å². The predicted molar refractivity (Wildman–Crippen MR) is 137 cm³/mol. The number of nitrogens with one attached hydrogen (secondary N) is 1. The fourth-order valence-corrected chi connectivity index (χ4v) is 4.50. The zero-order valence-corrected chi connectivity index (χ0v) is 21.9. The van der Waals surface area contributed by atoms with Gasteiger partial charge in [-0.05, 0) is 55.9 Å². The van der Waals surface area contributed by atoms with E-state index in [1.807, 2.05) is 70.2 Å². The van der Waals surface area contributed by atoms with Gasteiger partial charge in [-0.25, -0.2) is 8.42 Å². The molecule has 2 aromatic rings. The summed E-state index contributed by atoms with van der Waals surface area (Å²) in [5.41, 5.74) is 3.15. The first-order valence-electron chi connectivity index (χ1n) is 11.6. The molecule has 0 bridgehead atoms. The summed E-state index contributed by atoms with van der Waals surface area (Å²) in [5.74, 6) is -0.406. The van der Waals surface area contributed by atoms with E-state index in [-0.39, 0.29) is 18.4 Å². The van der Waals surface area contributed by atoms with Crippen molar-refractivity contribution in [3.63, 3.8) is 0 Å². The highest BCUT2D eigenvalue weighted by Gasteiger charge is 2.30. The van der Waals surface area contributed by atoms with Gasteiger partial charge in [-0.2, -0.15) is 0 Å². The Bertz CT molecular complexity index is 1080. The summed E-state index contributed by atoms with van der Waals surface area (Å²) < 4.78 is 26.5. The van der Waals surface area contributed by atoms with Gasteiger partial charge < -0.3 is 10.2 Å². The smallest absolute Gasteiger partial charge is 0.244 e. The molecule has 0 saturated carbocycles. The number of benzene rings is 2. The van der Waals surface area contributed by atoms with E-state index in [1.165, 1.54) is 4.90 Å². The van der Waals surface area contributed by atoms with Crippen LogP contribution in [0.2, 0.25) is 0 Å². The molecule has 0 aliphatic rings. The number of carbonyl (C=O) groups is 2. The van der Waals surface area contributed by atoms with Crippen LogP contribution in [0.1, 0.15) is 37.5 Å². The van der Waals surface area contributed by atoms with E-state index in [0.717, 1.165) is 27.3 Å². The molecule has 8 heteroatoms. The summed E-state index contributed by atoms with van der Waals surface area (Å²) in [5, 5.41) is 2.88. The lowest BCUT2D eigenvalue weighted by Gasteiger charge is -2.32. The predicted octanol–water partition coefficient (Wildman–Crippen LogP) is 3.30. The highest BCUT2D eigenvalue weighted by Crippen LogP contribution is 2.24. The number of amides is 2. The minimum Gasteiger partial charge on any atom is -0.354 e. The summed E-state index contributed by atoms with van der Waals surface area (Å²) in [6.07, 6.45) is 1.64. The molecule has 0 heterocycles. The molecule has 0 aliphatic heterocycles. The van der Waals surface area contributed by atoms with Crippen molar-refractivity contribution in [3.05, 3.63) is 65.2 Å². The molecule has 2 amide bonds. The summed E-state index contributed by atoms with van der Waals surface area (Å²) in [7, 11) is -3.74. The van der Waals surface area contributed by atoms with Crippen LogP contribution in [0.3, 0.4) is 0 Å². The van der Waals surface area contributed by atoms with Crippen LogP contribution in [0.4, 0.5) is 5.69 Å². The molecular weight excluding hydrogens is 450 g/mol. The Kier molecular flexibility index (Phi) is 9.67. The Morgan fingerprint density at radius 2 is 1.65 bits per heavy atom. The van der Waals surface area contributed by atoms with Crippen molar-refractivity contribution in [2.75, 3.05) is 30.2 Å². The van der Waals surface area contributed by atoms with Gasteiger partial charge >= 0.3 is 0 Å². The maximum atomic E-state index is 13.5. The van der Waals surface area contributed by atoms with Gasteiger partial charge in [0.25, 0.3) is 0 Å². The molecule has 2 aromatic carbocycles. The number of hydrogen-bond acceptors (Lipinski definition) is 4. The number of hydrogen-bond donors (Lipinski definition) is 1. The van der Waals surface area contributed by atoms with Crippen LogP contribution in [-0.2, 0) is 26.0 Å². The minimum absolute atomic E-state index is 0.257. The second kappa shape index (κ2) is 12.0. The average Bonchev–Trinajstić information content (AvgIpc) is 2.77. The SMILES string of the molecule is Cc1ccc(C)c(N(CC(=O)N(CCc2ccccc2)[C@H](C)C(=O)NCC(C)C)S(C)(=O)=O)c1. The number of nitrogens with zero attached hydrogens (tertiary/aromatic N) is 2. The van der Waals surface area contributed by atoms with E-state index < -0.39 is 22.0 Å². The number of anilines is 1. The maximum Gasteiger partial charge on any atom is 0.244 e. The van der Waals surface area contributed by atoms with Crippen molar-refractivity contribution in [2.45, 2.75) is 47.1 Å². The van der Waals surface area contributed by atoms with Gasteiger partial charge in [0.1, 0.15) is 12.6 Å². The topological polar surface area (TPSA) is 86.8 Å². The third-order valence-electron chi connectivity index (χ3n) is 5.65. The van der Waals surface area contributed by atoms with Crippen LogP contribution >= 0.6 is 0 Å². The van der Waals surface area contributed by atoms with Gasteiger partial charge in [-0.3, -0.25) is 13.9 Å². The fraction of sp³-hybridized carbons (Fsp3) is 0.462. The minimum atomic E-state index is -3.74. The molecule has 0 saturated heterocycles. The van der Waals surface area contributed by atoms with E-state index >= 15 is 0 Å². The third kappa shape index (κ3) is 7.87. The van der Waals surface area contributed by atoms with Crippen molar-refractivity contribution in [1.29, 1.82) is 0 Å². The van der Waals surface area contributed by atoms with Gasteiger partial charge in [0.15, 0.2) is 0 Å². The molecular formula is C26H37N3O4S. The highest BCUT2D eigenvalue weighted by molar-refractivity contribution is 7.92. The zero-order valence-electron chi connectivity index (χ0n) is 21.0. The monoisotopic (exact) mass is 487 g/mol. The van der Waals surface area contributed by atoms with E-state index in [0.29, 0.717) is 25.2 Å². The number of carbonyl (C=O) groups excluding carboxylic acids is 2. The molecule has 0 fully saturated rings. The number of aryl methyl sites for hydroxylation is 2. The van der Waals surface area contributed by atoms with Crippen molar-refractivity contribution >= 4 is 27.5 Å². The lowest BCUT2D eigenvalue weighted by atomic mass is 10.1. The average molecular weight is 488 g/mol. The molecule has 1 N–H and O–H groups in total.